The van der Waals surface area contributed by atoms with E-state index in [9.17, 15) is 9.59 Å². The molecule has 2 rings (SSSR count). The molecule has 1 aliphatic carbocycles. The normalized spacial score (nSPS) is 23.6. The molecule has 0 spiro atoms. The number of methoxy groups -OCH3 is 2. The van der Waals surface area contributed by atoms with Crippen molar-refractivity contribution >= 4 is 11.9 Å². The van der Waals surface area contributed by atoms with Crippen molar-refractivity contribution in [3.05, 3.63) is 29.3 Å². The first-order valence-corrected chi connectivity index (χ1v) is 9.79. The molecule has 1 fully saturated rings. The second kappa shape index (κ2) is 8.77. The van der Waals surface area contributed by atoms with E-state index < -0.39 is 5.54 Å². The maximum absolute atomic E-state index is 13.0. The molecule has 0 aliphatic heterocycles. The summed E-state index contributed by atoms with van der Waals surface area (Å²) in [4.78, 5) is 25.6. The van der Waals surface area contributed by atoms with Crippen molar-refractivity contribution in [2.75, 3.05) is 14.2 Å². The largest absolute Gasteiger partial charge is 0.497 e. The van der Waals surface area contributed by atoms with Gasteiger partial charge in [0.25, 0.3) is 0 Å². The molecule has 0 bridgehead atoms. The van der Waals surface area contributed by atoms with E-state index in [1.807, 2.05) is 32.0 Å². The highest BCUT2D eigenvalue weighted by Crippen LogP contribution is 2.37. The summed E-state index contributed by atoms with van der Waals surface area (Å²) in [7, 11) is 3.01. The maximum atomic E-state index is 13.0. The fraction of sp³-hybridized carbons (Fsp3) is 0.636. The number of ether oxygens (including phenoxy) is 2. The zero-order chi connectivity index (χ0) is 20.2. The minimum atomic E-state index is -0.911. The number of benzene rings is 1. The Morgan fingerprint density at radius 3 is 2.26 bits per heavy atom. The van der Waals surface area contributed by atoms with Crippen molar-refractivity contribution in [2.45, 2.75) is 64.8 Å². The summed E-state index contributed by atoms with van der Waals surface area (Å²) >= 11 is 0. The first kappa shape index (κ1) is 21.3. The number of hydrogen-bond donors (Lipinski definition) is 1. The molecule has 0 saturated heterocycles. The number of rotatable bonds is 6. The lowest BCUT2D eigenvalue weighted by atomic mass is 9.72. The van der Waals surface area contributed by atoms with Gasteiger partial charge in [-0.05, 0) is 74.6 Å². The average molecular weight is 376 g/mol. The molecule has 0 aromatic heterocycles. The molecule has 1 aliphatic rings. The van der Waals surface area contributed by atoms with Gasteiger partial charge >= 0.3 is 5.97 Å². The summed E-state index contributed by atoms with van der Waals surface area (Å²) < 4.78 is 10.3. The molecule has 0 heterocycles. The number of carbonyl (C=O) groups excluding carboxylic acids is 2. The Bertz CT molecular complexity index is 675. The molecule has 5 heteroatoms. The van der Waals surface area contributed by atoms with E-state index in [0.717, 1.165) is 29.7 Å². The zero-order valence-electron chi connectivity index (χ0n) is 17.4. The number of esters is 1. The van der Waals surface area contributed by atoms with Crippen LogP contribution < -0.4 is 10.1 Å². The van der Waals surface area contributed by atoms with E-state index in [1.165, 1.54) is 7.11 Å². The number of carbonyl (C=O) groups is 2. The van der Waals surface area contributed by atoms with Gasteiger partial charge < -0.3 is 14.8 Å². The van der Waals surface area contributed by atoms with Gasteiger partial charge in [-0.3, -0.25) is 4.79 Å². The molecule has 0 radical (unpaired) electrons. The number of amides is 1. The third-order valence-corrected chi connectivity index (χ3v) is 6.10. The van der Waals surface area contributed by atoms with Crippen LogP contribution >= 0.6 is 0 Å². The van der Waals surface area contributed by atoms with Crippen LogP contribution in [-0.4, -0.2) is 31.6 Å². The first-order chi connectivity index (χ1) is 12.7. The Balaban J connectivity index is 2.18. The van der Waals surface area contributed by atoms with Crippen molar-refractivity contribution < 1.29 is 19.1 Å². The van der Waals surface area contributed by atoms with Gasteiger partial charge in [-0.2, -0.15) is 0 Å². The average Bonchev–Trinajstić information content (AvgIpc) is 2.66. The quantitative estimate of drug-likeness (QED) is 0.764. The Kier molecular flexibility index (Phi) is 6.90. The SMILES string of the molecule is COC(=O)C1(NC(=O)C(C)c2ccc(OC)cc2C)CCC(C(C)C)CC1. The first-order valence-electron chi connectivity index (χ1n) is 9.79. The van der Waals surface area contributed by atoms with Crippen LogP contribution in [0, 0.1) is 18.8 Å². The molecule has 5 nitrogen and oxygen atoms in total. The molecule has 150 valence electrons. The van der Waals surface area contributed by atoms with Crippen LogP contribution in [0.2, 0.25) is 0 Å². The van der Waals surface area contributed by atoms with E-state index in [1.54, 1.807) is 7.11 Å². The van der Waals surface area contributed by atoms with Gasteiger partial charge in [-0.25, -0.2) is 4.79 Å². The van der Waals surface area contributed by atoms with Gasteiger partial charge in [-0.15, -0.1) is 0 Å². The highest BCUT2D eigenvalue weighted by atomic mass is 16.5. The van der Waals surface area contributed by atoms with Crippen molar-refractivity contribution in [1.82, 2.24) is 5.32 Å². The summed E-state index contributed by atoms with van der Waals surface area (Å²) in [6, 6.07) is 5.69. The van der Waals surface area contributed by atoms with E-state index >= 15 is 0 Å². The molecule has 1 amide bonds. The van der Waals surface area contributed by atoms with Gasteiger partial charge in [0.1, 0.15) is 11.3 Å². The van der Waals surface area contributed by atoms with E-state index in [4.69, 9.17) is 9.47 Å². The lowest BCUT2D eigenvalue weighted by Gasteiger charge is -2.40. The summed E-state index contributed by atoms with van der Waals surface area (Å²) in [6.45, 7) is 8.26. The minimum absolute atomic E-state index is 0.142. The predicted octanol–water partition coefficient (Wildman–Crippen LogP) is 3.98. The van der Waals surface area contributed by atoms with Crippen molar-refractivity contribution in [3.8, 4) is 5.75 Å². The van der Waals surface area contributed by atoms with Gasteiger partial charge in [0, 0.05) is 0 Å². The highest BCUT2D eigenvalue weighted by Gasteiger charge is 2.45. The van der Waals surface area contributed by atoms with E-state index in [0.29, 0.717) is 24.7 Å². The lowest BCUT2D eigenvalue weighted by Crippen LogP contribution is -2.57. The number of hydrogen-bond acceptors (Lipinski definition) is 4. The monoisotopic (exact) mass is 375 g/mol. The second-order valence-electron chi connectivity index (χ2n) is 8.09. The summed E-state index contributed by atoms with van der Waals surface area (Å²) in [5.74, 6) is 1.09. The molecule has 1 atom stereocenters. The van der Waals surface area contributed by atoms with Gasteiger partial charge in [-0.1, -0.05) is 19.9 Å². The Labute approximate surface area is 162 Å². The fourth-order valence-corrected chi connectivity index (χ4v) is 4.12. The standard InChI is InChI=1S/C22H33NO4/c1-14(2)17-9-11-22(12-10-17,21(25)27-6)23-20(24)16(4)19-8-7-18(26-5)13-15(19)3/h7-8,13-14,16-17H,9-12H2,1-6H3,(H,23,24). The highest BCUT2D eigenvalue weighted by molar-refractivity contribution is 5.91. The summed E-state index contributed by atoms with van der Waals surface area (Å²) in [5.41, 5.74) is 1.02. The maximum Gasteiger partial charge on any atom is 0.331 e. The smallest absolute Gasteiger partial charge is 0.331 e. The van der Waals surface area contributed by atoms with Crippen LogP contribution in [0.1, 0.15) is 63.5 Å². The number of nitrogens with one attached hydrogen (secondary N) is 1. The third kappa shape index (κ3) is 4.63. The minimum Gasteiger partial charge on any atom is -0.497 e. The Morgan fingerprint density at radius 1 is 1.15 bits per heavy atom. The molecule has 1 aromatic rings. The second-order valence-corrected chi connectivity index (χ2v) is 8.09. The van der Waals surface area contributed by atoms with Crippen molar-refractivity contribution in [3.63, 3.8) is 0 Å². The van der Waals surface area contributed by atoms with Crippen LogP contribution in [0.25, 0.3) is 0 Å². The summed E-state index contributed by atoms with van der Waals surface area (Å²) in [5, 5.41) is 3.05. The van der Waals surface area contributed by atoms with Gasteiger partial charge in [0.2, 0.25) is 5.91 Å². The molecule has 27 heavy (non-hydrogen) atoms. The van der Waals surface area contributed by atoms with E-state index in [-0.39, 0.29) is 17.8 Å². The zero-order valence-corrected chi connectivity index (χ0v) is 17.4. The third-order valence-electron chi connectivity index (χ3n) is 6.10. The Hall–Kier alpha value is -2.04. The lowest BCUT2D eigenvalue weighted by molar-refractivity contribution is -0.153. The van der Waals surface area contributed by atoms with Crippen LogP contribution in [0.5, 0.6) is 5.75 Å². The van der Waals surface area contributed by atoms with Crippen LogP contribution in [-0.2, 0) is 14.3 Å². The molecule has 1 aromatic carbocycles. The van der Waals surface area contributed by atoms with Crippen molar-refractivity contribution in [2.24, 2.45) is 11.8 Å². The van der Waals surface area contributed by atoms with Gasteiger partial charge in [0.05, 0.1) is 20.1 Å². The van der Waals surface area contributed by atoms with Crippen molar-refractivity contribution in [1.29, 1.82) is 0 Å². The molecule has 1 N–H and O–H groups in total. The molecule has 1 unspecified atom stereocenters. The molecular formula is C22H33NO4. The van der Waals surface area contributed by atoms with Gasteiger partial charge in [0.15, 0.2) is 0 Å². The van der Waals surface area contributed by atoms with Crippen LogP contribution in [0.4, 0.5) is 0 Å². The van der Waals surface area contributed by atoms with Crippen LogP contribution in [0.15, 0.2) is 18.2 Å². The topological polar surface area (TPSA) is 64.6 Å². The van der Waals surface area contributed by atoms with E-state index in [2.05, 4.69) is 19.2 Å². The molecule has 1 saturated carbocycles. The Morgan fingerprint density at radius 2 is 1.78 bits per heavy atom. The summed E-state index contributed by atoms with van der Waals surface area (Å²) in [6.07, 6.45) is 3.09. The van der Waals surface area contributed by atoms with Crippen LogP contribution in [0.3, 0.4) is 0 Å². The predicted molar refractivity (Wildman–Crippen MR) is 106 cm³/mol. The number of aryl methyl sites for hydroxylation is 1. The molecular weight excluding hydrogens is 342 g/mol. The fourth-order valence-electron chi connectivity index (χ4n) is 4.12.